The molecule has 4 nitrogen and oxygen atoms in total. The van der Waals surface area contributed by atoms with E-state index in [2.05, 4.69) is 5.32 Å². The summed E-state index contributed by atoms with van der Waals surface area (Å²) in [4.78, 5) is 10.9. The number of carbonyl (C=O) groups is 1. The van der Waals surface area contributed by atoms with Crippen molar-refractivity contribution in [1.82, 2.24) is 5.32 Å². The van der Waals surface area contributed by atoms with E-state index in [1.807, 2.05) is 30.3 Å². The lowest BCUT2D eigenvalue weighted by Gasteiger charge is -2.11. The predicted molar refractivity (Wildman–Crippen MR) is 87.5 cm³/mol. The average Bonchev–Trinajstić information content (AvgIpc) is 2.54. The zero-order valence-electron chi connectivity index (χ0n) is 13.1. The van der Waals surface area contributed by atoms with E-state index in [4.69, 9.17) is 10.5 Å². The number of nitrogens with one attached hydrogen (secondary N) is 1. The van der Waals surface area contributed by atoms with E-state index in [0.29, 0.717) is 19.6 Å². The second-order valence-electron chi connectivity index (χ2n) is 5.38. The van der Waals surface area contributed by atoms with E-state index in [9.17, 15) is 9.18 Å². The summed E-state index contributed by atoms with van der Waals surface area (Å²) in [6.07, 6.45) is 0.650. The first-order chi connectivity index (χ1) is 11.0. The van der Waals surface area contributed by atoms with Crippen molar-refractivity contribution in [2.75, 3.05) is 6.61 Å². The molecule has 0 aliphatic rings. The van der Waals surface area contributed by atoms with Crippen molar-refractivity contribution in [2.24, 2.45) is 5.73 Å². The molecule has 122 valence electrons. The van der Waals surface area contributed by atoms with Gasteiger partial charge < -0.3 is 15.8 Å². The third-order valence-electron chi connectivity index (χ3n) is 3.51. The zero-order valence-corrected chi connectivity index (χ0v) is 13.1. The molecule has 0 aliphatic carbocycles. The zero-order chi connectivity index (χ0) is 16.7. The van der Waals surface area contributed by atoms with Gasteiger partial charge in [-0.05, 0) is 42.3 Å². The third kappa shape index (κ3) is 5.71. The van der Waals surface area contributed by atoms with Crippen LogP contribution in [0, 0.1) is 5.82 Å². The van der Waals surface area contributed by atoms with Crippen LogP contribution in [0.25, 0.3) is 0 Å². The van der Waals surface area contributed by atoms with Crippen molar-refractivity contribution in [2.45, 2.75) is 25.9 Å². The average molecular weight is 316 g/mol. The molecule has 2 aromatic carbocycles. The van der Waals surface area contributed by atoms with Gasteiger partial charge in [0.1, 0.15) is 11.6 Å². The summed E-state index contributed by atoms with van der Waals surface area (Å²) in [5.74, 6) is 0.153. The van der Waals surface area contributed by atoms with Gasteiger partial charge in [0.05, 0.1) is 12.6 Å². The highest BCUT2D eigenvalue weighted by atomic mass is 19.1. The minimum Gasteiger partial charge on any atom is -0.493 e. The van der Waals surface area contributed by atoms with Crippen molar-refractivity contribution in [3.8, 4) is 5.75 Å². The normalized spacial score (nSPS) is 11.9. The van der Waals surface area contributed by atoms with Gasteiger partial charge in [0.2, 0.25) is 5.91 Å². The number of amides is 1. The first-order valence-electron chi connectivity index (χ1n) is 7.53. The summed E-state index contributed by atoms with van der Waals surface area (Å²) in [6, 6.07) is 13.7. The molecule has 5 heteroatoms. The molecule has 2 rings (SSSR count). The van der Waals surface area contributed by atoms with E-state index in [-0.39, 0.29) is 17.8 Å². The Hall–Kier alpha value is -2.40. The Morgan fingerprint density at radius 3 is 2.61 bits per heavy atom. The van der Waals surface area contributed by atoms with Crippen molar-refractivity contribution in [1.29, 1.82) is 0 Å². The maximum atomic E-state index is 13.1. The van der Waals surface area contributed by atoms with Crippen LogP contribution in [0.5, 0.6) is 5.75 Å². The van der Waals surface area contributed by atoms with Crippen molar-refractivity contribution in [3.63, 3.8) is 0 Å². The number of rotatable bonds is 8. The van der Waals surface area contributed by atoms with Gasteiger partial charge in [0.25, 0.3) is 0 Å². The number of primary amides is 1. The lowest BCUT2D eigenvalue weighted by atomic mass is 10.1. The monoisotopic (exact) mass is 316 g/mol. The Kier molecular flexibility index (Phi) is 6.11. The van der Waals surface area contributed by atoms with Crippen LogP contribution in [0.1, 0.15) is 18.1 Å². The van der Waals surface area contributed by atoms with Crippen LogP contribution in [0.3, 0.4) is 0 Å². The first kappa shape index (κ1) is 17.0. The van der Waals surface area contributed by atoms with Crippen LogP contribution in [0.15, 0.2) is 48.5 Å². The number of carbonyl (C=O) groups excluding carboxylic acids is 1. The minimum atomic E-state index is -0.373. The molecule has 0 heterocycles. The van der Waals surface area contributed by atoms with Crippen LogP contribution in [-0.4, -0.2) is 18.6 Å². The van der Waals surface area contributed by atoms with Gasteiger partial charge in [-0.15, -0.1) is 0 Å². The lowest BCUT2D eigenvalue weighted by Crippen LogP contribution is -2.38. The van der Waals surface area contributed by atoms with Crippen molar-refractivity contribution in [3.05, 3.63) is 65.5 Å². The molecule has 23 heavy (non-hydrogen) atoms. The topological polar surface area (TPSA) is 64.3 Å². The van der Waals surface area contributed by atoms with Gasteiger partial charge >= 0.3 is 0 Å². The van der Waals surface area contributed by atoms with Crippen LogP contribution in [0.2, 0.25) is 0 Å². The Labute approximate surface area is 135 Å². The summed E-state index contributed by atoms with van der Waals surface area (Å²) in [5, 5.41) is 3.04. The molecule has 0 unspecified atom stereocenters. The molecule has 1 amide bonds. The maximum absolute atomic E-state index is 13.1. The third-order valence-corrected chi connectivity index (χ3v) is 3.51. The molecular weight excluding hydrogens is 295 g/mol. The highest BCUT2D eigenvalue weighted by Crippen LogP contribution is 2.13. The lowest BCUT2D eigenvalue weighted by molar-refractivity contribution is -0.119. The number of benzene rings is 2. The Bertz CT molecular complexity index is 644. The quantitative estimate of drug-likeness (QED) is 0.786. The Morgan fingerprint density at radius 1 is 1.22 bits per heavy atom. The second kappa shape index (κ2) is 8.29. The van der Waals surface area contributed by atoms with Gasteiger partial charge in [-0.25, -0.2) is 4.39 Å². The minimum absolute atomic E-state index is 0.232. The fourth-order valence-electron chi connectivity index (χ4n) is 2.05. The molecule has 2 aromatic rings. The highest BCUT2D eigenvalue weighted by Gasteiger charge is 2.07. The summed E-state index contributed by atoms with van der Waals surface area (Å²) in [7, 11) is 0. The maximum Gasteiger partial charge on any atom is 0.234 e. The fourth-order valence-corrected chi connectivity index (χ4v) is 2.05. The summed E-state index contributed by atoms with van der Waals surface area (Å²) >= 11 is 0. The van der Waals surface area contributed by atoms with E-state index >= 15 is 0 Å². The van der Waals surface area contributed by atoms with Gasteiger partial charge in [0, 0.05) is 13.0 Å². The molecule has 0 aromatic heterocycles. The van der Waals surface area contributed by atoms with Gasteiger partial charge in [0.15, 0.2) is 0 Å². The number of hydrogen-bond acceptors (Lipinski definition) is 3. The highest BCUT2D eigenvalue weighted by molar-refractivity contribution is 5.79. The van der Waals surface area contributed by atoms with Crippen LogP contribution >= 0.6 is 0 Å². The Balaban J connectivity index is 1.77. The molecular formula is C18H21FN2O2. The summed E-state index contributed by atoms with van der Waals surface area (Å²) in [5.41, 5.74) is 7.14. The number of halogens is 1. The first-order valence-corrected chi connectivity index (χ1v) is 7.53. The van der Waals surface area contributed by atoms with Crippen LogP contribution in [-0.2, 0) is 17.8 Å². The fraction of sp³-hybridized carbons (Fsp3) is 0.278. The molecule has 0 bridgehead atoms. The standard InChI is InChI=1S/C18H21FN2O2/c1-13(18(20)22)21-12-15-5-7-17(8-6-15)23-10-9-14-3-2-4-16(19)11-14/h2-8,11,13,21H,9-10,12H2,1H3,(H2,20,22)/t13-/m0/s1. The molecule has 0 saturated carbocycles. The van der Waals surface area contributed by atoms with E-state index in [0.717, 1.165) is 16.9 Å². The molecule has 1 atom stereocenters. The summed E-state index contributed by atoms with van der Waals surface area (Å²) in [6.45, 7) is 2.78. The Morgan fingerprint density at radius 2 is 1.96 bits per heavy atom. The van der Waals surface area contributed by atoms with Crippen LogP contribution in [0.4, 0.5) is 4.39 Å². The largest absolute Gasteiger partial charge is 0.493 e. The number of ether oxygens (including phenoxy) is 1. The SMILES string of the molecule is C[C@H](NCc1ccc(OCCc2cccc(F)c2)cc1)C(N)=O. The van der Waals surface area contributed by atoms with Gasteiger partial charge in [-0.3, -0.25) is 4.79 Å². The van der Waals surface area contributed by atoms with Crippen molar-refractivity contribution >= 4 is 5.91 Å². The van der Waals surface area contributed by atoms with E-state index < -0.39 is 0 Å². The van der Waals surface area contributed by atoms with E-state index in [1.165, 1.54) is 12.1 Å². The molecule has 0 saturated heterocycles. The summed E-state index contributed by atoms with van der Waals surface area (Å²) < 4.78 is 18.7. The van der Waals surface area contributed by atoms with Gasteiger partial charge in [-0.1, -0.05) is 24.3 Å². The van der Waals surface area contributed by atoms with Crippen LogP contribution < -0.4 is 15.8 Å². The predicted octanol–water partition coefficient (Wildman–Crippen LogP) is 2.41. The van der Waals surface area contributed by atoms with Crippen molar-refractivity contribution < 1.29 is 13.9 Å². The second-order valence-corrected chi connectivity index (χ2v) is 5.38. The molecule has 0 fully saturated rings. The smallest absolute Gasteiger partial charge is 0.234 e. The molecule has 0 radical (unpaired) electrons. The molecule has 0 aliphatic heterocycles. The van der Waals surface area contributed by atoms with E-state index in [1.54, 1.807) is 13.0 Å². The number of hydrogen-bond donors (Lipinski definition) is 2. The molecule has 0 spiro atoms. The molecule has 3 N–H and O–H groups in total. The van der Waals surface area contributed by atoms with Gasteiger partial charge in [-0.2, -0.15) is 0 Å². The number of nitrogens with two attached hydrogens (primary N) is 1.